The second-order valence-corrected chi connectivity index (χ2v) is 25.8. The minimum absolute atomic E-state index is 0.0459. The lowest BCUT2D eigenvalue weighted by Gasteiger charge is -2.19. The summed E-state index contributed by atoms with van der Waals surface area (Å²) in [5, 5.41) is 33.0. The molecule has 0 spiro atoms. The molecular formula is C30H75O33P3S5. The van der Waals surface area contributed by atoms with Crippen molar-refractivity contribution in [1.29, 1.82) is 0 Å². The van der Waals surface area contributed by atoms with Crippen molar-refractivity contribution < 1.29 is 152 Å². The van der Waals surface area contributed by atoms with Crippen LogP contribution in [0.2, 0.25) is 0 Å². The molecule has 0 radical (unpaired) electrons. The van der Waals surface area contributed by atoms with Gasteiger partial charge < -0.3 is 49.8 Å². The first kappa shape index (κ1) is 91.5. The second-order valence-electron chi connectivity index (χ2n) is 13.0. The molecule has 0 aliphatic heterocycles. The number of carboxylic acid groups (broad SMARTS) is 4. The third-order valence-corrected chi connectivity index (χ3v) is 9.88. The number of rotatable bonds is 19. The van der Waals surface area contributed by atoms with Gasteiger partial charge in [0.25, 0.3) is 50.6 Å². The van der Waals surface area contributed by atoms with Crippen LogP contribution in [0.1, 0.15) is 113 Å². The van der Waals surface area contributed by atoms with E-state index < -0.39 is 116 Å². The van der Waals surface area contributed by atoms with Gasteiger partial charge in [0.15, 0.2) is 0 Å². The van der Waals surface area contributed by atoms with Gasteiger partial charge in [-0.1, -0.05) is 53.9 Å². The zero-order valence-electron chi connectivity index (χ0n) is 40.5. The number of phosphoric ester groups is 1. The van der Waals surface area contributed by atoms with Crippen LogP contribution >= 0.6 is 23.0 Å². The molecule has 0 bridgehead atoms. The van der Waals surface area contributed by atoms with Gasteiger partial charge in [-0.3, -0.25) is 55.6 Å². The fourth-order valence-electron chi connectivity index (χ4n) is 2.17. The van der Waals surface area contributed by atoms with Crippen LogP contribution in [0.4, 0.5) is 0 Å². The number of carbonyl (C=O) groups is 4. The molecule has 0 saturated heterocycles. The summed E-state index contributed by atoms with van der Waals surface area (Å²) < 4.78 is 169. The first-order valence-electron chi connectivity index (χ1n) is 19.3. The molecule has 15 N–H and O–H groups in total. The lowest BCUT2D eigenvalue weighted by Crippen LogP contribution is -2.32. The Labute approximate surface area is 415 Å². The van der Waals surface area contributed by atoms with Crippen LogP contribution in [0.5, 0.6) is 0 Å². The number of aliphatic carboxylic acids is 4. The van der Waals surface area contributed by atoms with Crippen LogP contribution in [0, 0.1) is 5.41 Å². The third-order valence-electron chi connectivity index (χ3n) is 5.20. The van der Waals surface area contributed by atoms with Crippen molar-refractivity contribution in [3.8, 4) is 0 Å². The summed E-state index contributed by atoms with van der Waals surface area (Å²) in [6, 6.07) is 0. The molecule has 0 rings (SSSR count). The first-order chi connectivity index (χ1) is 30.9. The van der Waals surface area contributed by atoms with E-state index in [9.17, 15) is 75.0 Å². The first-order valence-corrected chi connectivity index (χ1v) is 33.0. The van der Waals surface area contributed by atoms with E-state index in [-0.39, 0.29) is 42.2 Å². The monoisotopic (exact) mass is 1220 g/mol. The summed E-state index contributed by atoms with van der Waals surface area (Å²) in [6.07, 6.45) is 3.67. The van der Waals surface area contributed by atoms with Crippen molar-refractivity contribution >= 4 is 97.5 Å². The van der Waals surface area contributed by atoms with Gasteiger partial charge in [-0.15, -0.1) is 0 Å². The molecule has 71 heavy (non-hydrogen) atoms. The van der Waals surface area contributed by atoms with Gasteiger partial charge in [-0.05, 0) is 40.0 Å². The molecule has 0 aromatic carbocycles. The fraction of sp³-hybridized carbons (Fsp3) is 0.867. The third kappa shape index (κ3) is 176. The molecule has 0 atom stereocenters. The molecule has 0 aliphatic rings. The molecule has 0 fully saturated rings. The lowest BCUT2D eigenvalue weighted by molar-refractivity contribution is -0.159. The average Bonchev–Trinajstić information content (AvgIpc) is 3.08. The van der Waals surface area contributed by atoms with Gasteiger partial charge in [0.1, 0.15) is 0 Å². The van der Waals surface area contributed by atoms with Crippen molar-refractivity contribution in [2.45, 2.75) is 113 Å². The molecule has 0 heterocycles. The number of phosphoric acid groups is 1. The SMILES string of the molecule is CC(CC(=O)O)(CC(=O)O)C(=O)O.CCC(=O)O.CCCCCS(=O)(=O)O.CCCCS(=O)(=O)O.CCCS(=O)(=O)O.CCOP(=O)(O)O.CCP(=O)(O)O.CCS(=O)(=O)O.CP(=O)(O)O.CS(=O)(=O)O. The Kier molecular flexibility index (Phi) is 61.3. The molecule has 33 nitrogen and oxygen atoms in total. The highest BCUT2D eigenvalue weighted by atomic mass is 32.2. The standard InChI is InChI=1S/C7H10O6.C5H12O3S.C4H10O3S.C3H8O3S.C3H6O2.C2H7O4P.C2H7O3P.C2H6O3S.CH5O3P.CH4O3S/c1-7(6(12)13,2-4(8)9)3-5(10)11;1-2-3-4-5-9(6,7)8;1-2-3-4-8(5,6)7;1-2-3-7(4,5)6;1-2-3(4)5;1-2-6-7(3,4)5;2*1-2-6(3,4)5;2*1-5(2,3)4/h2-3H2,1H3,(H,8,9)(H,10,11)(H,12,13);2-5H2,1H3,(H,6,7,8);2-4H2,1H3,(H,5,6,7);2-3H2,1H3,(H,4,5,6);2H2,1H3,(H,4,5);2H2,1H3,(H2,3,4,5);2H2,1H3,(H2,3,4,5);2H2,1H3,(H,3,4,5);1H3,(H2,2,3,4);1H3,(H,2,3,4). The molecule has 438 valence electrons. The van der Waals surface area contributed by atoms with Crippen molar-refractivity contribution in [1.82, 2.24) is 0 Å². The molecular weight excluding hydrogens is 1140 g/mol. The Bertz CT molecular complexity index is 2080. The maximum absolute atomic E-state index is 10.6. The van der Waals surface area contributed by atoms with E-state index in [1.165, 1.54) is 20.8 Å². The Morgan fingerprint density at radius 2 is 0.761 bits per heavy atom. The van der Waals surface area contributed by atoms with Crippen LogP contribution in [-0.2, 0) is 88.0 Å². The van der Waals surface area contributed by atoms with Gasteiger partial charge in [-0.25, -0.2) is 4.57 Å². The normalized spacial score (nSPS) is 11.3. The molecule has 0 aromatic rings. The van der Waals surface area contributed by atoms with Gasteiger partial charge in [0.2, 0.25) is 0 Å². The number of carboxylic acids is 4. The highest BCUT2D eigenvalue weighted by molar-refractivity contribution is 7.86. The lowest BCUT2D eigenvalue weighted by atomic mass is 9.83. The summed E-state index contributed by atoms with van der Waals surface area (Å²) in [5.74, 6) is -5.36. The summed E-state index contributed by atoms with van der Waals surface area (Å²) in [7, 11) is -29.8. The zero-order chi connectivity index (χ0) is 60.1. The topological polar surface area (TPSA) is 603 Å². The maximum Gasteiger partial charge on any atom is 0.469 e. The largest absolute Gasteiger partial charge is 0.481 e. The van der Waals surface area contributed by atoms with E-state index in [0.717, 1.165) is 32.9 Å². The Morgan fingerprint density at radius 3 is 0.845 bits per heavy atom. The molecule has 0 aromatic heterocycles. The van der Waals surface area contributed by atoms with Gasteiger partial charge in [0, 0.05) is 19.2 Å². The fourth-order valence-corrected chi connectivity index (χ4v) is 4.24. The van der Waals surface area contributed by atoms with Crippen molar-refractivity contribution in [3.63, 3.8) is 0 Å². The highest BCUT2D eigenvalue weighted by Gasteiger charge is 2.38. The van der Waals surface area contributed by atoms with Crippen LogP contribution < -0.4 is 0 Å². The predicted molar refractivity (Wildman–Crippen MR) is 256 cm³/mol. The molecule has 0 saturated carbocycles. The Hall–Kier alpha value is -2.16. The van der Waals surface area contributed by atoms with E-state index in [0.29, 0.717) is 25.5 Å². The van der Waals surface area contributed by atoms with E-state index in [2.05, 4.69) is 4.52 Å². The van der Waals surface area contributed by atoms with E-state index in [4.69, 9.17) is 72.6 Å². The van der Waals surface area contributed by atoms with Crippen LogP contribution in [0.15, 0.2) is 0 Å². The average molecular weight is 1220 g/mol. The molecule has 0 amide bonds. The number of unbranched alkanes of at least 4 members (excludes halogenated alkanes) is 3. The van der Waals surface area contributed by atoms with Crippen LogP contribution in [-0.4, -0.2) is 187 Å². The van der Waals surface area contributed by atoms with Crippen molar-refractivity contribution in [2.24, 2.45) is 5.41 Å². The summed E-state index contributed by atoms with van der Waals surface area (Å²) >= 11 is 0. The number of hydrogen-bond donors (Lipinski definition) is 15. The van der Waals surface area contributed by atoms with Gasteiger partial charge >= 0.3 is 46.9 Å². The predicted octanol–water partition coefficient (Wildman–Crippen LogP) is 2.02. The van der Waals surface area contributed by atoms with E-state index >= 15 is 0 Å². The summed E-state index contributed by atoms with van der Waals surface area (Å²) in [6.45, 7) is 13.5. The minimum atomic E-state index is -4.17. The highest BCUT2D eigenvalue weighted by Crippen LogP contribution is 2.35. The van der Waals surface area contributed by atoms with Crippen LogP contribution in [0.25, 0.3) is 0 Å². The van der Waals surface area contributed by atoms with Gasteiger partial charge in [0.05, 0.1) is 54.1 Å². The summed E-state index contributed by atoms with van der Waals surface area (Å²) in [5.41, 5.74) is -1.74. The van der Waals surface area contributed by atoms with Crippen molar-refractivity contribution in [3.05, 3.63) is 0 Å². The Morgan fingerprint density at radius 1 is 0.507 bits per heavy atom. The van der Waals surface area contributed by atoms with E-state index in [1.807, 2.05) is 13.8 Å². The van der Waals surface area contributed by atoms with E-state index in [1.54, 1.807) is 13.8 Å². The quantitative estimate of drug-likeness (QED) is 0.0500. The second kappa shape index (κ2) is 47.5. The molecule has 41 heteroatoms. The zero-order valence-corrected chi connectivity index (χ0v) is 47.3. The smallest absolute Gasteiger partial charge is 0.469 e. The van der Waals surface area contributed by atoms with Crippen molar-refractivity contribution in [2.75, 3.05) is 48.7 Å². The number of hydrogen-bond acceptors (Lipinski definition) is 18. The Balaban J connectivity index is -0.0000000740. The summed E-state index contributed by atoms with van der Waals surface area (Å²) in [4.78, 5) is 87.4. The van der Waals surface area contributed by atoms with Gasteiger partial charge in [-0.2, -0.15) is 42.1 Å². The maximum atomic E-state index is 10.6. The minimum Gasteiger partial charge on any atom is -0.481 e. The molecule has 0 aliphatic carbocycles. The van der Waals surface area contributed by atoms with Crippen LogP contribution in [0.3, 0.4) is 0 Å². The molecule has 0 unspecified atom stereocenters.